The van der Waals surface area contributed by atoms with Gasteiger partial charge in [0, 0.05) is 11.6 Å². The second kappa shape index (κ2) is 8.57. The Morgan fingerprint density at radius 1 is 1.00 bits per heavy atom. The van der Waals surface area contributed by atoms with Crippen molar-refractivity contribution in [3.05, 3.63) is 48.3 Å². The molecule has 0 saturated carbocycles. The van der Waals surface area contributed by atoms with Crippen LogP contribution in [-0.2, 0) is 15.9 Å². The quantitative estimate of drug-likeness (QED) is 0.429. The Morgan fingerprint density at radius 3 is 2.44 bits per heavy atom. The molecular weight excluding hydrogens is 409 g/mol. The zero-order valence-corrected chi connectivity index (χ0v) is 18.8. The van der Waals surface area contributed by atoms with Crippen molar-refractivity contribution in [2.75, 3.05) is 18.9 Å². The Bertz CT molecular complexity index is 1110. The maximum Gasteiger partial charge on any atom is 0.494 e. The Balaban J connectivity index is 1.45. The van der Waals surface area contributed by atoms with Crippen LogP contribution in [0.3, 0.4) is 0 Å². The van der Waals surface area contributed by atoms with Crippen LogP contribution >= 0.6 is 0 Å². The molecule has 0 atom stereocenters. The Kier molecular flexibility index (Phi) is 5.98. The summed E-state index contributed by atoms with van der Waals surface area (Å²) in [5.74, 6) is 1.36. The van der Waals surface area contributed by atoms with Crippen LogP contribution in [0.15, 0.2) is 42.7 Å². The second-order valence-corrected chi connectivity index (χ2v) is 8.80. The molecule has 0 amide bonds. The van der Waals surface area contributed by atoms with Crippen LogP contribution in [0.1, 0.15) is 33.3 Å². The third-order valence-electron chi connectivity index (χ3n) is 5.92. The monoisotopic (exact) mass is 437 g/mol. The van der Waals surface area contributed by atoms with Crippen LogP contribution in [-0.4, -0.2) is 46.6 Å². The van der Waals surface area contributed by atoms with Gasteiger partial charge in [0.1, 0.15) is 19.0 Å². The molecule has 2 aromatic heterocycles. The molecule has 1 aliphatic heterocycles. The fourth-order valence-corrected chi connectivity index (χ4v) is 3.37. The number of aliphatic hydroxyl groups excluding tert-OH is 1. The molecule has 1 aliphatic rings. The lowest BCUT2D eigenvalue weighted by Crippen LogP contribution is -2.41. The maximum absolute atomic E-state index is 9.18. The molecule has 3 aromatic rings. The number of pyridine rings is 2. The SMILES string of the molecule is CC1(C)OB(c2ccc3nc(N)c(OCCOc4cncc(CO)c4)cc3c2)OC1(C)C. The first-order chi connectivity index (χ1) is 15.2. The number of nitrogens with zero attached hydrogens (tertiary/aromatic N) is 2. The molecule has 168 valence electrons. The van der Waals surface area contributed by atoms with Crippen LogP contribution in [0.4, 0.5) is 5.82 Å². The van der Waals surface area contributed by atoms with Gasteiger partial charge in [-0.25, -0.2) is 4.98 Å². The fraction of sp³-hybridized carbons (Fsp3) is 0.391. The molecule has 32 heavy (non-hydrogen) atoms. The number of hydrogen-bond donors (Lipinski definition) is 2. The number of ether oxygens (including phenoxy) is 2. The highest BCUT2D eigenvalue weighted by Crippen LogP contribution is 2.36. The van der Waals surface area contributed by atoms with Gasteiger partial charge in [0.15, 0.2) is 11.6 Å². The Morgan fingerprint density at radius 2 is 1.72 bits per heavy atom. The van der Waals surface area contributed by atoms with Crippen LogP contribution in [0.5, 0.6) is 11.5 Å². The van der Waals surface area contributed by atoms with E-state index in [0.717, 1.165) is 16.4 Å². The molecular formula is C23H28BN3O5. The summed E-state index contributed by atoms with van der Waals surface area (Å²) in [6.07, 6.45) is 3.17. The molecule has 0 spiro atoms. The minimum Gasteiger partial charge on any atom is -0.488 e. The number of anilines is 1. The number of aliphatic hydroxyl groups is 1. The predicted molar refractivity (Wildman–Crippen MR) is 123 cm³/mol. The van der Waals surface area contributed by atoms with E-state index in [1.807, 2.05) is 52.0 Å². The largest absolute Gasteiger partial charge is 0.494 e. The Labute approximate surface area is 187 Å². The van der Waals surface area contributed by atoms with Gasteiger partial charge in [-0.2, -0.15) is 0 Å². The van der Waals surface area contributed by atoms with Crippen LogP contribution < -0.4 is 20.7 Å². The van der Waals surface area contributed by atoms with E-state index in [-0.39, 0.29) is 13.2 Å². The van der Waals surface area contributed by atoms with Gasteiger partial charge in [0.05, 0.1) is 29.5 Å². The molecule has 1 aromatic carbocycles. The van der Waals surface area contributed by atoms with E-state index in [2.05, 4.69) is 9.97 Å². The van der Waals surface area contributed by atoms with Crippen molar-refractivity contribution in [3.8, 4) is 11.5 Å². The van der Waals surface area contributed by atoms with Crippen LogP contribution in [0, 0.1) is 0 Å². The summed E-state index contributed by atoms with van der Waals surface area (Å²) < 4.78 is 23.8. The number of aromatic nitrogens is 2. The number of nitrogens with two attached hydrogens (primary N) is 1. The normalized spacial score (nSPS) is 17.0. The first-order valence-corrected chi connectivity index (χ1v) is 10.5. The molecule has 4 rings (SSSR count). The molecule has 0 aliphatic carbocycles. The van der Waals surface area contributed by atoms with Crippen molar-refractivity contribution in [2.24, 2.45) is 0 Å². The summed E-state index contributed by atoms with van der Waals surface area (Å²) >= 11 is 0. The summed E-state index contributed by atoms with van der Waals surface area (Å²) in [7, 11) is -0.456. The third-order valence-corrected chi connectivity index (χ3v) is 5.92. The average Bonchev–Trinajstić information content (AvgIpc) is 2.98. The molecule has 3 N–H and O–H groups in total. The maximum atomic E-state index is 9.18. The van der Waals surface area contributed by atoms with Gasteiger partial charge < -0.3 is 29.6 Å². The lowest BCUT2D eigenvalue weighted by molar-refractivity contribution is 0.00578. The van der Waals surface area contributed by atoms with Gasteiger partial charge in [-0.1, -0.05) is 12.1 Å². The van der Waals surface area contributed by atoms with Gasteiger partial charge in [-0.05, 0) is 56.9 Å². The van der Waals surface area contributed by atoms with Gasteiger partial charge in [0.2, 0.25) is 0 Å². The fourth-order valence-electron chi connectivity index (χ4n) is 3.37. The van der Waals surface area contributed by atoms with E-state index in [1.54, 1.807) is 18.5 Å². The minimum atomic E-state index is -0.456. The first-order valence-electron chi connectivity index (χ1n) is 10.5. The molecule has 0 unspecified atom stereocenters. The van der Waals surface area contributed by atoms with Gasteiger partial charge in [-0.15, -0.1) is 0 Å². The summed E-state index contributed by atoms with van der Waals surface area (Å²) in [6, 6.07) is 9.43. The highest BCUT2D eigenvalue weighted by Gasteiger charge is 2.51. The van der Waals surface area contributed by atoms with Gasteiger partial charge >= 0.3 is 7.12 Å². The number of rotatable bonds is 7. The van der Waals surface area contributed by atoms with Crippen molar-refractivity contribution in [1.29, 1.82) is 0 Å². The second-order valence-electron chi connectivity index (χ2n) is 8.80. The number of nitrogen functional groups attached to an aromatic ring is 1. The molecule has 8 nitrogen and oxygen atoms in total. The first kappa shape index (κ1) is 22.3. The third kappa shape index (κ3) is 4.50. The number of benzene rings is 1. The molecule has 9 heteroatoms. The van der Waals surface area contributed by atoms with Crippen molar-refractivity contribution >= 4 is 29.3 Å². The van der Waals surface area contributed by atoms with Gasteiger partial charge in [0.25, 0.3) is 0 Å². The Hall–Kier alpha value is -2.88. The van der Waals surface area contributed by atoms with Gasteiger partial charge in [-0.3, -0.25) is 4.98 Å². The summed E-state index contributed by atoms with van der Waals surface area (Å²) in [4.78, 5) is 8.48. The van der Waals surface area contributed by atoms with E-state index in [9.17, 15) is 5.11 Å². The van der Waals surface area contributed by atoms with E-state index < -0.39 is 18.3 Å². The average molecular weight is 437 g/mol. The predicted octanol–water partition coefficient (Wildman–Crippen LogP) is 2.46. The zero-order valence-electron chi connectivity index (χ0n) is 18.8. The minimum absolute atomic E-state index is 0.0894. The molecule has 1 saturated heterocycles. The van der Waals surface area contributed by atoms with Crippen LogP contribution in [0.2, 0.25) is 0 Å². The summed E-state index contributed by atoms with van der Waals surface area (Å²) in [5, 5.41) is 10.1. The molecule has 0 radical (unpaired) electrons. The van der Waals surface area contributed by atoms with Crippen molar-refractivity contribution in [3.63, 3.8) is 0 Å². The van der Waals surface area contributed by atoms with Crippen molar-refractivity contribution < 1.29 is 23.9 Å². The number of hydrogen-bond acceptors (Lipinski definition) is 8. The van der Waals surface area contributed by atoms with E-state index in [4.69, 9.17) is 24.5 Å². The summed E-state index contributed by atoms with van der Waals surface area (Å²) in [5.41, 5.74) is 7.62. The highest BCUT2D eigenvalue weighted by atomic mass is 16.7. The van der Waals surface area contributed by atoms with E-state index in [1.165, 1.54) is 0 Å². The van der Waals surface area contributed by atoms with Crippen molar-refractivity contribution in [2.45, 2.75) is 45.5 Å². The van der Waals surface area contributed by atoms with E-state index >= 15 is 0 Å². The lowest BCUT2D eigenvalue weighted by Gasteiger charge is -2.32. The standard InChI is InChI=1S/C23H28BN3O5/c1-22(2)23(3,4)32-24(31-22)17-5-6-19-16(10-17)11-20(21(25)27-19)30-8-7-29-18-9-15(14-28)12-26-13-18/h5-6,9-13,28H,7-8,14H2,1-4H3,(H2,25,27). The highest BCUT2D eigenvalue weighted by molar-refractivity contribution is 6.62. The smallest absolute Gasteiger partial charge is 0.488 e. The lowest BCUT2D eigenvalue weighted by atomic mass is 9.78. The zero-order chi connectivity index (χ0) is 22.9. The summed E-state index contributed by atoms with van der Waals surface area (Å²) in [6.45, 7) is 8.59. The van der Waals surface area contributed by atoms with Crippen LogP contribution in [0.25, 0.3) is 10.9 Å². The van der Waals surface area contributed by atoms with Crippen molar-refractivity contribution in [1.82, 2.24) is 9.97 Å². The molecule has 3 heterocycles. The topological polar surface area (TPSA) is 109 Å². The van der Waals surface area contributed by atoms with E-state index in [0.29, 0.717) is 29.5 Å². The molecule has 0 bridgehead atoms. The number of fused-ring (bicyclic) bond motifs is 1. The molecule has 1 fully saturated rings.